The minimum atomic E-state index is -0.114. The molecular weight excluding hydrogens is 380 g/mol. The van der Waals surface area contributed by atoms with E-state index in [2.05, 4.69) is 10.2 Å². The zero-order valence-electron chi connectivity index (χ0n) is 17.1. The van der Waals surface area contributed by atoms with Crippen molar-refractivity contribution in [2.75, 3.05) is 51.1 Å². The Labute approximate surface area is 177 Å². The van der Waals surface area contributed by atoms with E-state index in [1.165, 1.54) is 0 Å². The van der Waals surface area contributed by atoms with Gasteiger partial charge in [0, 0.05) is 45.0 Å². The molecule has 0 aliphatic carbocycles. The van der Waals surface area contributed by atoms with Crippen LogP contribution < -0.4 is 10.1 Å². The average molecular weight is 409 g/mol. The lowest BCUT2D eigenvalue weighted by molar-refractivity contribution is -0.131. The lowest BCUT2D eigenvalue weighted by Gasteiger charge is -2.35. The molecule has 2 aromatic carbocycles. The lowest BCUT2D eigenvalue weighted by atomic mass is 10.3. The second kappa shape index (κ2) is 9.63. The van der Waals surface area contributed by atoms with Gasteiger partial charge in [-0.15, -0.1) is 0 Å². The van der Waals surface area contributed by atoms with Crippen LogP contribution in [0, 0.1) is 0 Å². The summed E-state index contributed by atoms with van der Waals surface area (Å²) >= 11 is 0. The van der Waals surface area contributed by atoms with Crippen LogP contribution in [-0.2, 0) is 4.79 Å². The van der Waals surface area contributed by atoms with Gasteiger partial charge in [-0.1, -0.05) is 18.2 Å². The van der Waals surface area contributed by atoms with E-state index in [9.17, 15) is 9.59 Å². The first kappa shape index (κ1) is 20.2. The van der Waals surface area contributed by atoms with E-state index in [-0.39, 0.29) is 11.9 Å². The molecule has 7 heteroatoms. The van der Waals surface area contributed by atoms with Gasteiger partial charge in [0.2, 0.25) is 5.91 Å². The number of amides is 3. The topological polar surface area (TPSA) is 65.1 Å². The Morgan fingerprint density at radius 1 is 0.767 bits per heavy atom. The number of urea groups is 1. The molecule has 0 unspecified atom stereocenters. The van der Waals surface area contributed by atoms with E-state index < -0.39 is 0 Å². The molecule has 2 aromatic rings. The van der Waals surface area contributed by atoms with Gasteiger partial charge in [-0.2, -0.15) is 0 Å². The number of hydrogen-bond donors (Lipinski definition) is 1. The SMILES string of the molecule is O=C(CN1CCN(C(=O)Nc2ccc(Oc3ccccc3)cc2)CC1)N1CCCC1. The van der Waals surface area contributed by atoms with Crippen LogP contribution in [-0.4, -0.2) is 72.5 Å². The number of hydrogen-bond acceptors (Lipinski definition) is 4. The van der Waals surface area contributed by atoms with Crippen LogP contribution in [0.1, 0.15) is 12.8 Å². The number of piperazine rings is 1. The van der Waals surface area contributed by atoms with Crippen LogP contribution in [0.4, 0.5) is 10.5 Å². The van der Waals surface area contributed by atoms with Crippen molar-refractivity contribution in [3.05, 3.63) is 54.6 Å². The zero-order valence-corrected chi connectivity index (χ0v) is 17.1. The summed E-state index contributed by atoms with van der Waals surface area (Å²) in [7, 11) is 0. The van der Waals surface area contributed by atoms with Crippen LogP contribution in [0.25, 0.3) is 0 Å². The quantitative estimate of drug-likeness (QED) is 0.825. The van der Waals surface area contributed by atoms with Gasteiger partial charge in [0.25, 0.3) is 0 Å². The van der Waals surface area contributed by atoms with E-state index in [1.807, 2.05) is 59.5 Å². The van der Waals surface area contributed by atoms with Gasteiger partial charge in [0.05, 0.1) is 6.54 Å². The molecule has 0 aromatic heterocycles. The molecule has 7 nitrogen and oxygen atoms in total. The summed E-state index contributed by atoms with van der Waals surface area (Å²) in [5, 5.41) is 2.94. The Balaban J connectivity index is 1.22. The maximum Gasteiger partial charge on any atom is 0.321 e. The number of benzene rings is 2. The molecule has 2 saturated heterocycles. The molecule has 0 radical (unpaired) electrons. The molecule has 30 heavy (non-hydrogen) atoms. The standard InChI is InChI=1S/C23H28N4O3/c28-22(26-12-4-5-13-26)18-25-14-16-27(17-15-25)23(29)24-19-8-10-21(11-9-19)30-20-6-2-1-3-7-20/h1-3,6-11H,4-5,12-18H2,(H,24,29). The molecule has 0 saturated carbocycles. The molecule has 4 rings (SSSR count). The fourth-order valence-corrected chi connectivity index (χ4v) is 3.80. The third-order valence-corrected chi connectivity index (χ3v) is 5.56. The fraction of sp³-hybridized carbons (Fsp3) is 0.391. The van der Waals surface area contributed by atoms with Crippen LogP contribution in [0.15, 0.2) is 54.6 Å². The Morgan fingerprint density at radius 2 is 1.40 bits per heavy atom. The molecule has 2 fully saturated rings. The molecule has 2 aliphatic heterocycles. The van der Waals surface area contributed by atoms with Crippen molar-refractivity contribution in [2.24, 2.45) is 0 Å². The Morgan fingerprint density at radius 3 is 2.07 bits per heavy atom. The van der Waals surface area contributed by atoms with Gasteiger partial charge >= 0.3 is 6.03 Å². The van der Waals surface area contributed by atoms with E-state index in [0.717, 1.165) is 56.2 Å². The molecule has 2 aliphatic rings. The van der Waals surface area contributed by atoms with Gasteiger partial charge in [0.15, 0.2) is 0 Å². The molecule has 0 spiro atoms. The predicted octanol–water partition coefficient (Wildman–Crippen LogP) is 3.25. The number of nitrogens with one attached hydrogen (secondary N) is 1. The third kappa shape index (κ3) is 5.30. The number of carbonyl (C=O) groups excluding carboxylic acids is 2. The number of nitrogens with zero attached hydrogens (tertiary/aromatic N) is 3. The first-order valence-corrected chi connectivity index (χ1v) is 10.6. The van der Waals surface area contributed by atoms with Crippen molar-refractivity contribution in [2.45, 2.75) is 12.8 Å². The first-order valence-electron chi connectivity index (χ1n) is 10.6. The average Bonchev–Trinajstić information content (AvgIpc) is 3.32. The van der Waals surface area contributed by atoms with Gasteiger partial charge in [0.1, 0.15) is 11.5 Å². The molecule has 2 heterocycles. The van der Waals surface area contributed by atoms with Crippen molar-refractivity contribution in [3.8, 4) is 11.5 Å². The van der Waals surface area contributed by atoms with Crippen molar-refractivity contribution >= 4 is 17.6 Å². The van der Waals surface area contributed by atoms with Gasteiger partial charge in [-0.25, -0.2) is 4.79 Å². The zero-order chi connectivity index (χ0) is 20.8. The highest BCUT2D eigenvalue weighted by molar-refractivity contribution is 5.89. The van der Waals surface area contributed by atoms with E-state index in [0.29, 0.717) is 19.6 Å². The number of ether oxygens (including phenoxy) is 1. The van der Waals surface area contributed by atoms with Crippen LogP contribution in [0.5, 0.6) is 11.5 Å². The maximum absolute atomic E-state index is 12.6. The Kier molecular flexibility index (Phi) is 6.49. The minimum Gasteiger partial charge on any atom is -0.457 e. The summed E-state index contributed by atoms with van der Waals surface area (Å²) in [5.74, 6) is 1.70. The minimum absolute atomic E-state index is 0.114. The normalized spacial score (nSPS) is 17.1. The molecule has 3 amide bonds. The van der Waals surface area contributed by atoms with Crippen LogP contribution in [0.2, 0.25) is 0 Å². The smallest absolute Gasteiger partial charge is 0.321 e. The molecule has 0 bridgehead atoms. The maximum atomic E-state index is 12.6. The summed E-state index contributed by atoms with van der Waals surface area (Å²) in [6.45, 7) is 4.90. The second-order valence-corrected chi connectivity index (χ2v) is 7.72. The van der Waals surface area contributed by atoms with Crippen LogP contribution >= 0.6 is 0 Å². The van der Waals surface area contributed by atoms with Crippen molar-refractivity contribution in [3.63, 3.8) is 0 Å². The monoisotopic (exact) mass is 408 g/mol. The number of likely N-dealkylation sites (tertiary alicyclic amines) is 1. The highest BCUT2D eigenvalue weighted by atomic mass is 16.5. The summed E-state index contributed by atoms with van der Waals surface area (Å²) < 4.78 is 5.78. The highest BCUT2D eigenvalue weighted by Gasteiger charge is 2.25. The van der Waals surface area contributed by atoms with E-state index in [4.69, 9.17) is 4.74 Å². The van der Waals surface area contributed by atoms with Crippen molar-refractivity contribution in [1.29, 1.82) is 0 Å². The molecule has 158 valence electrons. The van der Waals surface area contributed by atoms with E-state index >= 15 is 0 Å². The second-order valence-electron chi connectivity index (χ2n) is 7.72. The summed E-state index contributed by atoms with van der Waals surface area (Å²) in [4.78, 5) is 30.8. The van der Waals surface area contributed by atoms with Gasteiger partial charge in [-0.05, 0) is 49.2 Å². The van der Waals surface area contributed by atoms with Crippen LogP contribution in [0.3, 0.4) is 0 Å². The largest absolute Gasteiger partial charge is 0.457 e. The molecule has 1 N–H and O–H groups in total. The summed E-state index contributed by atoms with van der Waals surface area (Å²) in [6.07, 6.45) is 2.22. The van der Waals surface area contributed by atoms with Crippen molar-refractivity contribution in [1.82, 2.24) is 14.7 Å². The number of carbonyl (C=O) groups is 2. The van der Waals surface area contributed by atoms with E-state index in [1.54, 1.807) is 4.90 Å². The third-order valence-electron chi connectivity index (χ3n) is 5.56. The highest BCUT2D eigenvalue weighted by Crippen LogP contribution is 2.22. The molecule has 0 atom stereocenters. The Bertz CT molecular complexity index is 843. The molecular formula is C23H28N4O3. The predicted molar refractivity (Wildman–Crippen MR) is 116 cm³/mol. The lowest BCUT2D eigenvalue weighted by Crippen LogP contribution is -2.52. The fourth-order valence-electron chi connectivity index (χ4n) is 3.80. The van der Waals surface area contributed by atoms with Crippen molar-refractivity contribution < 1.29 is 14.3 Å². The van der Waals surface area contributed by atoms with Gasteiger partial charge in [-0.3, -0.25) is 9.69 Å². The number of para-hydroxylation sites is 1. The van der Waals surface area contributed by atoms with Gasteiger partial charge < -0.3 is 19.9 Å². The first-order chi connectivity index (χ1) is 14.7. The Hall–Kier alpha value is -3.06. The summed E-state index contributed by atoms with van der Waals surface area (Å²) in [5.41, 5.74) is 0.729. The number of anilines is 1. The number of rotatable bonds is 5. The summed E-state index contributed by atoms with van der Waals surface area (Å²) in [6, 6.07) is 16.8.